The zero-order valence-electron chi connectivity index (χ0n) is 10.3. The van der Waals surface area contributed by atoms with Gasteiger partial charge in [-0.3, -0.25) is 4.90 Å². The van der Waals surface area contributed by atoms with Gasteiger partial charge in [0.1, 0.15) is 0 Å². The fourth-order valence-corrected chi connectivity index (χ4v) is 1.47. The molecular formula is C12H25NO. The molecule has 84 valence electrons. The molecule has 0 atom stereocenters. The van der Waals surface area contributed by atoms with Gasteiger partial charge in [0.2, 0.25) is 0 Å². The standard InChI is InChI=1S/C12H25NO/c1-6-10-14-11-8-9-13(7-2)12(3,4)5/h6,10H,7-9,11H2,1-5H3. The van der Waals surface area contributed by atoms with E-state index in [-0.39, 0.29) is 5.54 Å². The summed E-state index contributed by atoms with van der Waals surface area (Å²) in [6, 6.07) is 0. The van der Waals surface area contributed by atoms with Gasteiger partial charge in [-0.1, -0.05) is 13.0 Å². The highest BCUT2D eigenvalue weighted by molar-refractivity contribution is 4.75. The summed E-state index contributed by atoms with van der Waals surface area (Å²) in [5, 5.41) is 0. The van der Waals surface area contributed by atoms with Crippen molar-refractivity contribution in [3.8, 4) is 0 Å². The zero-order chi connectivity index (χ0) is 11.0. The van der Waals surface area contributed by atoms with Crippen LogP contribution in [0.4, 0.5) is 0 Å². The third-order valence-corrected chi connectivity index (χ3v) is 2.25. The average Bonchev–Trinajstić information content (AvgIpc) is 2.09. The number of rotatable bonds is 6. The van der Waals surface area contributed by atoms with Gasteiger partial charge in [0, 0.05) is 12.1 Å². The molecule has 0 saturated carbocycles. The van der Waals surface area contributed by atoms with Crippen LogP contribution in [-0.2, 0) is 4.74 Å². The van der Waals surface area contributed by atoms with Crippen molar-refractivity contribution in [1.29, 1.82) is 0 Å². The molecule has 2 nitrogen and oxygen atoms in total. The van der Waals surface area contributed by atoms with Gasteiger partial charge in [-0.25, -0.2) is 0 Å². The molecule has 0 saturated heterocycles. The Kier molecular flexibility index (Phi) is 6.64. The lowest BCUT2D eigenvalue weighted by molar-refractivity contribution is 0.127. The van der Waals surface area contributed by atoms with E-state index in [1.165, 1.54) is 0 Å². The van der Waals surface area contributed by atoms with Gasteiger partial charge >= 0.3 is 0 Å². The molecule has 0 bridgehead atoms. The minimum Gasteiger partial charge on any atom is -0.501 e. The molecule has 0 N–H and O–H groups in total. The van der Waals surface area contributed by atoms with Crippen molar-refractivity contribution in [3.63, 3.8) is 0 Å². The number of hydrogen-bond donors (Lipinski definition) is 0. The highest BCUT2D eigenvalue weighted by Crippen LogP contribution is 2.12. The molecule has 0 aromatic carbocycles. The molecule has 0 spiro atoms. The predicted octanol–water partition coefficient (Wildman–Crippen LogP) is 3.05. The molecular weight excluding hydrogens is 174 g/mol. The largest absolute Gasteiger partial charge is 0.501 e. The summed E-state index contributed by atoms with van der Waals surface area (Å²) < 4.78 is 5.28. The third-order valence-electron chi connectivity index (χ3n) is 2.25. The Morgan fingerprint density at radius 2 is 1.93 bits per heavy atom. The van der Waals surface area contributed by atoms with E-state index in [0.717, 1.165) is 26.1 Å². The lowest BCUT2D eigenvalue weighted by Crippen LogP contribution is -2.41. The van der Waals surface area contributed by atoms with E-state index >= 15 is 0 Å². The van der Waals surface area contributed by atoms with Gasteiger partial charge in [-0.2, -0.15) is 0 Å². The van der Waals surface area contributed by atoms with Crippen LogP contribution in [0.1, 0.15) is 41.0 Å². The number of allylic oxidation sites excluding steroid dienone is 1. The van der Waals surface area contributed by atoms with E-state index in [9.17, 15) is 0 Å². The highest BCUT2D eigenvalue weighted by Gasteiger charge is 2.18. The van der Waals surface area contributed by atoms with E-state index < -0.39 is 0 Å². The Labute approximate surface area is 88.9 Å². The van der Waals surface area contributed by atoms with Crippen molar-refractivity contribution in [3.05, 3.63) is 12.3 Å². The van der Waals surface area contributed by atoms with Crippen molar-refractivity contribution in [1.82, 2.24) is 4.90 Å². The van der Waals surface area contributed by atoms with Gasteiger partial charge in [-0.15, -0.1) is 0 Å². The fourth-order valence-electron chi connectivity index (χ4n) is 1.47. The lowest BCUT2D eigenvalue weighted by Gasteiger charge is -2.34. The van der Waals surface area contributed by atoms with Crippen LogP contribution >= 0.6 is 0 Å². The first-order valence-electron chi connectivity index (χ1n) is 5.50. The Bertz CT molecular complexity index is 158. The molecule has 0 aromatic heterocycles. The monoisotopic (exact) mass is 199 g/mol. The van der Waals surface area contributed by atoms with Crippen molar-refractivity contribution in [2.75, 3.05) is 19.7 Å². The zero-order valence-corrected chi connectivity index (χ0v) is 10.3. The summed E-state index contributed by atoms with van der Waals surface area (Å²) >= 11 is 0. The molecule has 2 heteroatoms. The molecule has 0 aromatic rings. The number of hydrogen-bond acceptors (Lipinski definition) is 2. The molecule has 0 radical (unpaired) electrons. The van der Waals surface area contributed by atoms with Gasteiger partial charge in [0.25, 0.3) is 0 Å². The minimum absolute atomic E-state index is 0.273. The average molecular weight is 199 g/mol. The smallest absolute Gasteiger partial charge is 0.0885 e. The summed E-state index contributed by atoms with van der Waals surface area (Å²) in [4.78, 5) is 2.46. The van der Waals surface area contributed by atoms with Crippen LogP contribution in [0.5, 0.6) is 0 Å². The Morgan fingerprint density at radius 3 is 2.36 bits per heavy atom. The van der Waals surface area contributed by atoms with Gasteiger partial charge < -0.3 is 4.74 Å². The van der Waals surface area contributed by atoms with Crippen LogP contribution < -0.4 is 0 Å². The van der Waals surface area contributed by atoms with E-state index in [0.29, 0.717) is 0 Å². The maximum absolute atomic E-state index is 5.28. The van der Waals surface area contributed by atoms with E-state index in [4.69, 9.17) is 4.74 Å². The molecule has 0 rings (SSSR count). The first-order chi connectivity index (χ1) is 6.52. The third kappa shape index (κ3) is 6.03. The van der Waals surface area contributed by atoms with E-state index in [2.05, 4.69) is 32.6 Å². The van der Waals surface area contributed by atoms with Crippen LogP contribution in [0, 0.1) is 0 Å². The first-order valence-corrected chi connectivity index (χ1v) is 5.50. The summed E-state index contributed by atoms with van der Waals surface area (Å²) in [6.45, 7) is 14.0. The van der Waals surface area contributed by atoms with Crippen molar-refractivity contribution in [2.24, 2.45) is 0 Å². The Morgan fingerprint density at radius 1 is 1.29 bits per heavy atom. The maximum Gasteiger partial charge on any atom is 0.0885 e. The molecule has 0 aliphatic carbocycles. The van der Waals surface area contributed by atoms with Crippen molar-refractivity contribution >= 4 is 0 Å². The van der Waals surface area contributed by atoms with Crippen LogP contribution in [0.2, 0.25) is 0 Å². The minimum atomic E-state index is 0.273. The quantitative estimate of drug-likeness (QED) is 0.481. The summed E-state index contributed by atoms with van der Waals surface area (Å²) in [5.41, 5.74) is 0.273. The second kappa shape index (κ2) is 6.88. The second-order valence-corrected chi connectivity index (χ2v) is 4.44. The van der Waals surface area contributed by atoms with E-state index in [1.54, 1.807) is 6.26 Å². The SMILES string of the molecule is CC=COCCCN(CC)C(C)(C)C. The van der Waals surface area contributed by atoms with Crippen LogP contribution in [0.3, 0.4) is 0 Å². The van der Waals surface area contributed by atoms with Gasteiger partial charge in [-0.05, 0) is 40.7 Å². The fraction of sp³-hybridized carbons (Fsp3) is 0.833. The molecule has 0 aliphatic rings. The number of ether oxygens (including phenoxy) is 1. The molecule has 14 heavy (non-hydrogen) atoms. The molecule has 0 amide bonds. The lowest BCUT2D eigenvalue weighted by atomic mass is 10.1. The van der Waals surface area contributed by atoms with E-state index in [1.807, 2.05) is 13.0 Å². The number of nitrogens with zero attached hydrogens (tertiary/aromatic N) is 1. The topological polar surface area (TPSA) is 12.5 Å². The first kappa shape index (κ1) is 13.5. The predicted molar refractivity (Wildman–Crippen MR) is 62.4 cm³/mol. The van der Waals surface area contributed by atoms with Crippen molar-refractivity contribution in [2.45, 2.75) is 46.6 Å². The van der Waals surface area contributed by atoms with Crippen LogP contribution in [0.15, 0.2) is 12.3 Å². The molecule has 0 fully saturated rings. The van der Waals surface area contributed by atoms with Crippen LogP contribution in [-0.4, -0.2) is 30.1 Å². The maximum atomic E-state index is 5.28. The second-order valence-electron chi connectivity index (χ2n) is 4.44. The molecule has 0 heterocycles. The highest BCUT2D eigenvalue weighted by atomic mass is 16.5. The van der Waals surface area contributed by atoms with Gasteiger partial charge in [0.05, 0.1) is 12.9 Å². The molecule has 0 aliphatic heterocycles. The summed E-state index contributed by atoms with van der Waals surface area (Å²) in [5.74, 6) is 0. The normalized spacial score (nSPS) is 12.7. The Balaban J connectivity index is 3.64. The summed E-state index contributed by atoms with van der Waals surface area (Å²) in [7, 11) is 0. The summed E-state index contributed by atoms with van der Waals surface area (Å²) in [6.07, 6.45) is 4.77. The van der Waals surface area contributed by atoms with Crippen LogP contribution in [0.25, 0.3) is 0 Å². The Hall–Kier alpha value is -0.500. The van der Waals surface area contributed by atoms with Crippen molar-refractivity contribution < 1.29 is 4.74 Å². The molecule has 0 unspecified atom stereocenters. The van der Waals surface area contributed by atoms with Gasteiger partial charge in [0.15, 0.2) is 0 Å².